The first kappa shape index (κ1) is 12.3. The van der Waals surface area contributed by atoms with Crippen molar-refractivity contribution in [1.29, 1.82) is 0 Å². The highest BCUT2D eigenvalue weighted by Gasteiger charge is 2.21. The van der Waals surface area contributed by atoms with E-state index in [9.17, 15) is 4.79 Å². The van der Waals surface area contributed by atoms with Crippen molar-refractivity contribution in [3.63, 3.8) is 0 Å². The van der Waals surface area contributed by atoms with Crippen LogP contribution in [0.4, 0.5) is 0 Å². The van der Waals surface area contributed by atoms with Crippen molar-refractivity contribution in [2.45, 2.75) is 18.9 Å². The quantitative estimate of drug-likeness (QED) is 0.384. The molecule has 1 aromatic heterocycles. The van der Waals surface area contributed by atoms with Crippen LogP contribution in [0, 0.1) is 0 Å². The van der Waals surface area contributed by atoms with Gasteiger partial charge in [-0.3, -0.25) is 14.8 Å². The molecule has 0 saturated heterocycles. The Balaban J connectivity index is 1.67. The predicted molar refractivity (Wildman–Crippen MR) is 69.2 cm³/mol. The van der Waals surface area contributed by atoms with Crippen LogP contribution in [0.5, 0.6) is 0 Å². The van der Waals surface area contributed by atoms with Crippen LogP contribution in [0.25, 0.3) is 0 Å². The summed E-state index contributed by atoms with van der Waals surface area (Å²) < 4.78 is 0. The molecule has 0 spiro atoms. The van der Waals surface area contributed by atoms with Gasteiger partial charge in [0.25, 0.3) is 5.91 Å². The minimum Gasteiger partial charge on any atom is -0.370 e. The molecule has 1 aliphatic rings. The first-order valence-corrected chi connectivity index (χ1v) is 6.00. The summed E-state index contributed by atoms with van der Waals surface area (Å²) in [6.45, 7) is 0.929. The summed E-state index contributed by atoms with van der Waals surface area (Å²) in [4.78, 5) is 19.6. The smallest absolute Gasteiger partial charge is 0.252 e. The summed E-state index contributed by atoms with van der Waals surface area (Å²) in [5.41, 5.74) is 6.21. The van der Waals surface area contributed by atoms with E-state index >= 15 is 0 Å². The molecule has 0 bridgehead atoms. The van der Waals surface area contributed by atoms with E-state index < -0.39 is 0 Å². The Morgan fingerprint density at radius 2 is 2.39 bits per heavy atom. The van der Waals surface area contributed by atoms with Gasteiger partial charge in [-0.1, -0.05) is 0 Å². The molecule has 4 N–H and O–H groups in total. The van der Waals surface area contributed by atoms with E-state index in [1.165, 1.54) is 6.20 Å². The minimum atomic E-state index is -0.146. The standard InChI is InChI=1S/C12H17N5O/c13-12(17-10-3-4-10)16-7-6-15-11(18)9-2-1-5-14-8-9/h1-2,5,8,10H,3-4,6-7H2,(H,15,18)(H3,13,16,17). The number of amides is 1. The highest BCUT2D eigenvalue weighted by atomic mass is 16.1. The first-order chi connectivity index (χ1) is 8.75. The number of carbonyl (C=O) groups is 1. The van der Waals surface area contributed by atoms with Crippen LogP contribution in [-0.4, -0.2) is 36.0 Å². The van der Waals surface area contributed by atoms with Crippen molar-refractivity contribution in [1.82, 2.24) is 15.6 Å². The van der Waals surface area contributed by atoms with E-state index in [0.29, 0.717) is 30.7 Å². The summed E-state index contributed by atoms with van der Waals surface area (Å²) in [5, 5.41) is 5.83. The fourth-order valence-electron chi connectivity index (χ4n) is 1.43. The third-order valence-corrected chi connectivity index (χ3v) is 2.53. The number of hydrogen-bond acceptors (Lipinski definition) is 3. The van der Waals surface area contributed by atoms with Gasteiger partial charge in [0, 0.05) is 25.0 Å². The number of rotatable bonds is 5. The van der Waals surface area contributed by atoms with E-state index in [-0.39, 0.29) is 5.91 Å². The highest BCUT2D eigenvalue weighted by Crippen LogP contribution is 2.17. The summed E-state index contributed by atoms with van der Waals surface area (Å²) in [6, 6.07) is 3.94. The minimum absolute atomic E-state index is 0.146. The molecular formula is C12H17N5O. The number of carbonyl (C=O) groups excluding carboxylic acids is 1. The van der Waals surface area contributed by atoms with Gasteiger partial charge in [-0.2, -0.15) is 0 Å². The van der Waals surface area contributed by atoms with Crippen molar-refractivity contribution in [2.75, 3.05) is 13.1 Å². The van der Waals surface area contributed by atoms with E-state index in [4.69, 9.17) is 5.73 Å². The lowest BCUT2D eigenvalue weighted by molar-refractivity contribution is 0.0954. The molecule has 0 aromatic carbocycles. The van der Waals surface area contributed by atoms with Crippen molar-refractivity contribution >= 4 is 11.9 Å². The normalized spacial score (nSPS) is 15.2. The largest absolute Gasteiger partial charge is 0.370 e. The topological polar surface area (TPSA) is 92.4 Å². The van der Waals surface area contributed by atoms with Gasteiger partial charge in [0.2, 0.25) is 0 Å². The zero-order chi connectivity index (χ0) is 12.8. The molecule has 1 amide bonds. The summed E-state index contributed by atoms with van der Waals surface area (Å²) in [6.07, 6.45) is 5.48. The number of pyridine rings is 1. The van der Waals surface area contributed by atoms with Crippen molar-refractivity contribution < 1.29 is 4.79 Å². The number of hydrogen-bond donors (Lipinski definition) is 3. The predicted octanol–water partition coefficient (Wildman–Crippen LogP) is -0.122. The van der Waals surface area contributed by atoms with Crippen LogP contribution < -0.4 is 16.4 Å². The Morgan fingerprint density at radius 1 is 1.56 bits per heavy atom. The second kappa shape index (κ2) is 6.00. The van der Waals surface area contributed by atoms with Crippen LogP contribution >= 0.6 is 0 Å². The molecule has 0 radical (unpaired) electrons. The molecule has 0 unspecified atom stereocenters. The SMILES string of the molecule is NC(=NCCNC(=O)c1cccnc1)NC1CC1. The van der Waals surface area contributed by atoms with Crippen LogP contribution in [0.15, 0.2) is 29.5 Å². The van der Waals surface area contributed by atoms with Gasteiger partial charge in [-0.05, 0) is 25.0 Å². The summed E-state index contributed by atoms with van der Waals surface area (Å²) in [7, 11) is 0. The zero-order valence-electron chi connectivity index (χ0n) is 10.1. The van der Waals surface area contributed by atoms with Gasteiger partial charge < -0.3 is 16.4 Å². The monoisotopic (exact) mass is 247 g/mol. The average molecular weight is 247 g/mol. The van der Waals surface area contributed by atoms with Crippen LogP contribution in [-0.2, 0) is 0 Å². The molecule has 0 aliphatic heterocycles. The fourth-order valence-corrected chi connectivity index (χ4v) is 1.43. The lowest BCUT2D eigenvalue weighted by Gasteiger charge is -2.04. The van der Waals surface area contributed by atoms with E-state index in [1.54, 1.807) is 18.3 Å². The molecular weight excluding hydrogens is 230 g/mol. The first-order valence-electron chi connectivity index (χ1n) is 6.00. The summed E-state index contributed by atoms with van der Waals surface area (Å²) in [5.74, 6) is 0.306. The van der Waals surface area contributed by atoms with E-state index in [2.05, 4.69) is 20.6 Å². The van der Waals surface area contributed by atoms with Gasteiger partial charge in [-0.25, -0.2) is 0 Å². The third-order valence-electron chi connectivity index (χ3n) is 2.53. The van der Waals surface area contributed by atoms with Crippen LogP contribution in [0.2, 0.25) is 0 Å². The van der Waals surface area contributed by atoms with Gasteiger partial charge in [0.15, 0.2) is 5.96 Å². The van der Waals surface area contributed by atoms with Gasteiger partial charge in [0.1, 0.15) is 0 Å². The molecule has 1 aliphatic carbocycles. The maximum absolute atomic E-state index is 11.6. The Hall–Kier alpha value is -2.11. The molecule has 2 rings (SSSR count). The molecule has 0 atom stereocenters. The third kappa shape index (κ3) is 4.04. The molecule has 18 heavy (non-hydrogen) atoms. The Bertz CT molecular complexity index is 427. The Morgan fingerprint density at radius 3 is 3.06 bits per heavy atom. The number of nitrogens with two attached hydrogens (primary N) is 1. The van der Waals surface area contributed by atoms with Crippen molar-refractivity contribution in [3.05, 3.63) is 30.1 Å². The molecule has 1 fully saturated rings. The second-order valence-corrected chi connectivity index (χ2v) is 4.18. The lowest BCUT2D eigenvalue weighted by atomic mass is 10.3. The van der Waals surface area contributed by atoms with E-state index in [0.717, 1.165) is 12.8 Å². The number of nitrogens with zero attached hydrogens (tertiary/aromatic N) is 2. The number of guanidine groups is 1. The maximum Gasteiger partial charge on any atom is 0.252 e. The number of aliphatic imine (C=N–C) groups is 1. The molecule has 1 saturated carbocycles. The van der Waals surface area contributed by atoms with Crippen molar-refractivity contribution in [2.24, 2.45) is 10.7 Å². The second-order valence-electron chi connectivity index (χ2n) is 4.18. The van der Waals surface area contributed by atoms with Crippen LogP contribution in [0.3, 0.4) is 0 Å². The molecule has 6 nitrogen and oxygen atoms in total. The summed E-state index contributed by atoms with van der Waals surface area (Å²) >= 11 is 0. The van der Waals surface area contributed by atoms with E-state index in [1.807, 2.05) is 0 Å². The van der Waals surface area contributed by atoms with Gasteiger partial charge in [0.05, 0.1) is 12.1 Å². The molecule has 1 heterocycles. The van der Waals surface area contributed by atoms with Crippen LogP contribution in [0.1, 0.15) is 23.2 Å². The lowest BCUT2D eigenvalue weighted by Crippen LogP contribution is -2.34. The zero-order valence-corrected chi connectivity index (χ0v) is 10.1. The number of aromatic nitrogens is 1. The molecule has 1 aromatic rings. The Kier molecular flexibility index (Phi) is 4.11. The molecule has 96 valence electrons. The average Bonchev–Trinajstić information content (AvgIpc) is 3.19. The molecule has 6 heteroatoms. The van der Waals surface area contributed by atoms with Gasteiger partial charge >= 0.3 is 0 Å². The Labute approximate surface area is 106 Å². The number of nitrogens with one attached hydrogen (secondary N) is 2. The van der Waals surface area contributed by atoms with Crippen molar-refractivity contribution in [3.8, 4) is 0 Å². The fraction of sp³-hybridized carbons (Fsp3) is 0.417. The van der Waals surface area contributed by atoms with Gasteiger partial charge in [-0.15, -0.1) is 0 Å². The highest BCUT2D eigenvalue weighted by molar-refractivity contribution is 5.93. The maximum atomic E-state index is 11.6.